The van der Waals surface area contributed by atoms with Gasteiger partial charge < -0.3 is 9.64 Å². The van der Waals surface area contributed by atoms with Crippen molar-refractivity contribution >= 4 is 15.9 Å². The predicted octanol–water partition coefficient (Wildman–Crippen LogP) is 2.53. The molecule has 0 radical (unpaired) electrons. The zero-order chi connectivity index (χ0) is 19.7. The minimum Gasteiger partial charge on any atom is -0.496 e. The van der Waals surface area contributed by atoms with Crippen molar-refractivity contribution in [3.8, 4) is 5.75 Å². The summed E-state index contributed by atoms with van der Waals surface area (Å²) in [6.45, 7) is 8.87. The third-order valence-corrected chi connectivity index (χ3v) is 6.69. The van der Waals surface area contributed by atoms with Crippen LogP contribution >= 0.6 is 0 Å². The van der Waals surface area contributed by atoms with Crippen molar-refractivity contribution in [1.82, 2.24) is 9.21 Å². The lowest BCUT2D eigenvalue weighted by atomic mass is 10.1. The van der Waals surface area contributed by atoms with Crippen molar-refractivity contribution in [3.63, 3.8) is 0 Å². The summed E-state index contributed by atoms with van der Waals surface area (Å²) in [4.78, 5) is 14.3. The van der Waals surface area contributed by atoms with Crippen LogP contribution in [0, 0.1) is 5.92 Å². The summed E-state index contributed by atoms with van der Waals surface area (Å²) in [7, 11) is -0.451. The second-order valence-electron chi connectivity index (χ2n) is 7.86. The maximum Gasteiger partial charge on any atom is 0.242 e. The monoisotopic (exact) mass is 382 g/mol. The molecule has 1 unspecified atom stereocenters. The van der Waals surface area contributed by atoms with Gasteiger partial charge in [0.1, 0.15) is 5.75 Å². The highest BCUT2D eigenvalue weighted by Crippen LogP contribution is 2.28. The van der Waals surface area contributed by atoms with E-state index >= 15 is 0 Å². The first-order valence-corrected chi connectivity index (χ1v) is 10.4. The molecule has 1 aliphatic rings. The molecule has 0 bridgehead atoms. The number of likely N-dealkylation sites (tertiary alicyclic amines) is 1. The van der Waals surface area contributed by atoms with Crippen LogP contribution in [-0.2, 0) is 21.2 Å². The molecular formula is C19H30N2O4S. The molecule has 1 atom stereocenters. The van der Waals surface area contributed by atoms with Crippen molar-refractivity contribution in [3.05, 3.63) is 23.8 Å². The molecule has 1 aliphatic heterocycles. The molecule has 6 nitrogen and oxygen atoms in total. The molecule has 1 heterocycles. The molecule has 0 aliphatic carbocycles. The number of hydrogen-bond acceptors (Lipinski definition) is 4. The Morgan fingerprint density at radius 1 is 1.31 bits per heavy atom. The number of carbonyl (C=O) groups excluding carboxylic acids is 1. The summed E-state index contributed by atoms with van der Waals surface area (Å²) in [5, 5.41) is 0. The second kappa shape index (κ2) is 7.56. The van der Waals surface area contributed by atoms with Crippen molar-refractivity contribution in [2.24, 2.45) is 5.92 Å². The van der Waals surface area contributed by atoms with E-state index in [1.54, 1.807) is 32.4 Å². The van der Waals surface area contributed by atoms with Gasteiger partial charge in [-0.3, -0.25) is 4.79 Å². The fourth-order valence-electron chi connectivity index (χ4n) is 3.39. The number of amides is 1. The Labute approximate surface area is 157 Å². The first-order chi connectivity index (χ1) is 12.0. The largest absolute Gasteiger partial charge is 0.496 e. The predicted molar refractivity (Wildman–Crippen MR) is 102 cm³/mol. The van der Waals surface area contributed by atoms with Gasteiger partial charge in [-0.1, -0.05) is 6.92 Å². The minimum atomic E-state index is -3.61. The third kappa shape index (κ3) is 4.20. The first kappa shape index (κ1) is 20.7. The number of ether oxygens (including phenoxy) is 1. The fourth-order valence-corrected chi connectivity index (χ4v) is 4.68. The molecule has 146 valence electrons. The van der Waals surface area contributed by atoms with Crippen LogP contribution in [0.5, 0.6) is 5.75 Å². The van der Waals surface area contributed by atoms with Crippen molar-refractivity contribution in [2.45, 2.75) is 51.0 Å². The van der Waals surface area contributed by atoms with Crippen LogP contribution in [-0.4, -0.2) is 56.3 Å². The molecule has 2 rings (SSSR count). The van der Waals surface area contributed by atoms with Gasteiger partial charge in [-0.05, 0) is 56.9 Å². The van der Waals surface area contributed by atoms with E-state index in [-0.39, 0.29) is 22.3 Å². The van der Waals surface area contributed by atoms with Crippen LogP contribution in [0.4, 0.5) is 0 Å². The molecule has 26 heavy (non-hydrogen) atoms. The van der Waals surface area contributed by atoms with Gasteiger partial charge in [-0.15, -0.1) is 0 Å². The summed E-state index contributed by atoms with van der Waals surface area (Å²) >= 11 is 0. The third-order valence-electron chi connectivity index (χ3n) is 4.87. The lowest BCUT2D eigenvalue weighted by Crippen LogP contribution is -2.43. The first-order valence-electron chi connectivity index (χ1n) is 8.94. The smallest absolute Gasteiger partial charge is 0.242 e. The van der Waals surface area contributed by atoms with E-state index in [0.29, 0.717) is 31.7 Å². The number of benzene rings is 1. The maximum atomic E-state index is 12.9. The van der Waals surface area contributed by atoms with Crippen molar-refractivity contribution < 1.29 is 17.9 Å². The average Bonchev–Trinajstić information content (AvgIpc) is 2.94. The van der Waals surface area contributed by atoms with Gasteiger partial charge in [-0.25, -0.2) is 12.7 Å². The minimum absolute atomic E-state index is 0.00499. The zero-order valence-electron chi connectivity index (χ0n) is 16.6. The molecule has 1 amide bonds. The quantitative estimate of drug-likeness (QED) is 0.758. The number of sulfonamides is 1. The van der Waals surface area contributed by atoms with E-state index in [1.165, 1.54) is 4.31 Å². The molecule has 1 aromatic carbocycles. The molecule has 0 saturated carbocycles. The number of nitrogens with zero attached hydrogens (tertiary/aromatic N) is 2. The molecule has 1 aromatic rings. The fraction of sp³-hybridized carbons (Fsp3) is 0.632. The van der Waals surface area contributed by atoms with Crippen molar-refractivity contribution in [1.29, 1.82) is 0 Å². The van der Waals surface area contributed by atoms with Crippen molar-refractivity contribution in [2.75, 3.05) is 27.2 Å². The number of aryl methyl sites for hydroxylation is 1. The Morgan fingerprint density at radius 2 is 1.96 bits per heavy atom. The van der Waals surface area contributed by atoms with E-state index in [2.05, 4.69) is 0 Å². The van der Waals surface area contributed by atoms with E-state index < -0.39 is 10.0 Å². The van der Waals surface area contributed by atoms with Crippen LogP contribution in [0.15, 0.2) is 23.1 Å². The van der Waals surface area contributed by atoms with Crippen LogP contribution < -0.4 is 4.74 Å². The van der Waals surface area contributed by atoms with Crippen LogP contribution in [0.25, 0.3) is 0 Å². The topological polar surface area (TPSA) is 66.9 Å². The van der Waals surface area contributed by atoms with E-state index in [4.69, 9.17) is 4.74 Å². The van der Waals surface area contributed by atoms with E-state index in [9.17, 15) is 13.2 Å². The van der Waals surface area contributed by atoms with Crippen LogP contribution in [0.3, 0.4) is 0 Å². The molecule has 0 N–H and O–H groups in total. The number of rotatable bonds is 6. The van der Waals surface area contributed by atoms with Gasteiger partial charge in [0.2, 0.25) is 15.9 Å². The number of methoxy groups -OCH3 is 1. The second-order valence-corrected chi connectivity index (χ2v) is 9.90. The summed E-state index contributed by atoms with van der Waals surface area (Å²) < 4.78 is 32.5. The molecule has 1 saturated heterocycles. The lowest BCUT2D eigenvalue weighted by Gasteiger charge is -2.32. The SMILES string of the molecule is CCc1cc(S(=O)(=O)N(C)CC2CC(=O)N(C(C)(C)C)C2)ccc1OC. The molecule has 7 heteroatoms. The number of carbonyl (C=O) groups is 1. The summed E-state index contributed by atoms with van der Waals surface area (Å²) in [5.41, 5.74) is 0.617. The van der Waals surface area contributed by atoms with Gasteiger partial charge in [0.15, 0.2) is 0 Å². The zero-order valence-corrected chi connectivity index (χ0v) is 17.4. The summed E-state index contributed by atoms with van der Waals surface area (Å²) in [5.74, 6) is 0.785. The van der Waals surface area contributed by atoms with E-state index in [1.807, 2.05) is 32.6 Å². The average molecular weight is 383 g/mol. The van der Waals surface area contributed by atoms with Crippen LogP contribution in [0.1, 0.15) is 39.7 Å². The summed E-state index contributed by atoms with van der Waals surface area (Å²) in [6.07, 6.45) is 1.08. The molecule has 0 spiro atoms. The highest BCUT2D eigenvalue weighted by molar-refractivity contribution is 7.89. The Bertz CT molecular complexity index is 768. The van der Waals surface area contributed by atoms with Gasteiger partial charge in [0.25, 0.3) is 0 Å². The molecular weight excluding hydrogens is 352 g/mol. The Balaban J connectivity index is 2.16. The maximum absolute atomic E-state index is 12.9. The van der Waals surface area contributed by atoms with E-state index in [0.717, 1.165) is 5.56 Å². The summed E-state index contributed by atoms with van der Waals surface area (Å²) in [6, 6.07) is 4.94. The van der Waals surface area contributed by atoms with Gasteiger partial charge in [-0.2, -0.15) is 0 Å². The highest BCUT2D eigenvalue weighted by atomic mass is 32.2. The Hall–Kier alpha value is -1.60. The van der Waals surface area contributed by atoms with Gasteiger partial charge in [0.05, 0.1) is 12.0 Å². The number of hydrogen-bond donors (Lipinski definition) is 0. The highest BCUT2D eigenvalue weighted by Gasteiger charge is 2.37. The molecule has 1 fully saturated rings. The molecule has 0 aromatic heterocycles. The van der Waals surface area contributed by atoms with Gasteiger partial charge >= 0.3 is 0 Å². The Morgan fingerprint density at radius 3 is 2.46 bits per heavy atom. The normalized spacial score (nSPS) is 18.7. The Kier molecular flexibility index (Phi) is 6.02. The lowest BCUT2D eigenvalue weighted by molar-refractivity contribution is -0.131. The van der Waals surface area contributed by atoms with Gasteiger partial charge in [0, 0.05) is 32.1 Å². The van der Waals surface area contributed by atoms with Crippen LogP contribution in [0.2, 0.25) is 0 Å². The standard InChI is InChI=1S/C19H30N2O4S/c1-7-15-11-16(8-9-17(15)25-6)26(23,24)20(5)12-14-10-18(22)21(13-14)19(2,3)4/h8-9,11,14H,7,10,12-13H2,1-6H3.